The van der Waals surface area contributed by atoms with Gasteiger partial charge in [-0.3, -0.25) is 0 Å². The van der Waals surface area contributed by atoms with Crippen LogP contribution in [0, 0.1) is 5.82 Å². The van der Waals surface area contributed by atoms with E-state index >= 15 is 0 Å². The van der Waals surface area contributed by atoms with Crippen molar-refractivity contribution in [3.63, 3.8) is 0 Å². The zero-order chi connectivity index (χ0) is 14.3. The Labute approximate surface area is 127 Å². The summed E-state index contributed by atoms with van der Waals surface area (Å²) in [7, 11) is 0. The van der Waals surface area contributed by atoms with Crippen LogP contribution in [0.1, 0.15) is 37.4 Å². The van der Waals surface area contributed by atoms with Crippen molar-refractivity contribution in [1.29, 1.82) is 0 Å². The molecular formula is C14H16Cl2FN3. The van der Waals surface area contributed by atoms with Crippen LogP contribution in [0.4, 0.5) is 4.39 Å². The molecule has 3 nitrogen and oxygen atoms in total. The van der Waals surface area contributed by atoms with Gasteiger partial charge < -0.3 is 5.01 Å². The Balaban J connectivity index is 2.20. The minimum absolute atomic E-state index is 0.0922. The minimum atomic E-state index is -0.425. The first-order valence-corrected chi connectivity index (χ1v) is 7.66. The molecule has 1 atom stereocenters. The maximum atomic E-state index is 13.8. The number of nitrogens with zero attached hydrogens (tertiary/aromatic N) is 3. The number of piperidine rings is 1. The first-order valence-electron chi connectivity index (χ1n) is 6.84. The number of benzene rings is 1. The zero-order valence-corrected chi connectivity index (χ0v) is 12.8. The average Bonchev–Trinajstić information content (AvgIpc) is 2.79. The van der Waals surface area contributed by atoms with Gasteiger partial charge >= 0.3 is 0 Å². The number of imidazole rings is 1. The van der Waals surface area contributed by atoms with E-state index in [2.05, 4.69) is 9.99 Å². The predicted molar refractivity (Wildman–Crippen MR) is 80.8 cm³/mol. The fraction of sp³-hybridized carbons (Fsp3) is 0.500. The van der Waals surface area contributed by atoms with Crippen LogP contribution in [-0.4, -0.2) is 22.7 Å². The van der Waals surface area contributed by atoms with E-state index in [1.54, 1.807) is 6.07 Å². The second-order valence-electron chi connectivity index (χ2n) is 5.17. The zero-order valence-electron chi connectivity index (χ0n) is 11.2. The van der Waals surface area contributed by atoms with Gasteiger partial charge in [-0.25, -0.2) is 14.1 Å². The molecule has 1 aromatic heterocycles. The summed E-state index contributed by atoms with van der Waals surface area (Å²) in [6.07, 6.45) is 3.49. The van der Waals surface area contributed by atoms with Crippen LogP contribution in [0.2, 0.25) is 5.02 Å². The van der Waals surface area contributed by atoms with Crippen LogP contribution in [0.25, 0.3) is 11.0 Å². The van der Waals surface area contributed by atoms with Gasteiger partial charge in [0.15, 0.2) is 0 Å². The maximum absolute atomic E-state index is 13.8. The number of rotatable bonds is 2. The Bertz CT molecular complexity index is 633. The van der Waals surface area contributed by atoms with E-state index in [-0.39, 0.29) is 10.4 Å². The topological polar surface area (TPSA) is 21.1 Å². The van der Waals surface area contributed by atoms with Crippen LogP contribution in [0.5, 0.6) is 0 Å². The van der Waals surface area contributed by atoms with Gasteiger partial charge in [-0.1, -0.05) is 11.6 Å². The minimum Gasteiger partial charge on any atom is -0.311 e. The third-order valence-corrected chi connectivity index (χ3v) is 4.15. The molecule has 1 aliphatic rings. The second-order valence-corrected chi connectivity index (χ2v) is 6.23. The van der Waals surface area contributed by atoms with Crippen molar-refractivity contribution >= 4 is 34.2 Å². The third-order valence-electron chi connectivity index (χ3n) is 3.67. The lowest BCUT2D eigenvalue weighted by Crippen LogP contribution is -2.40. The second kappa shape index (κ2) is 5.41. The quantitative estimate of drug-likeness (QED) is 0.772. The fourth-order valence-electron chi connectivity index (χ4n) is 2.71. The summed E-state index contributed by atoms with van der Waals surface area (Å²) in [5.74, 6) is 0.316. The first kappa shape index (κ1) is 14.0. The Hall–Kier alpha value is -1.00. The highest BCUT2D eigenvalue weighted by atomic mass is 35.5. The van der Waals surface area contributed by atoms with Gasteiger partial charge in [0.2, 0.25) is 0 Å². The van der Waals surface area contributed by atoms with E-state index in [0.717, 1.165) is 37.3 Å². The third kappa shape index (κ3) is 2.35. The van der Waals surface area contributed by atoms with Crippen LogP contribution in [-0.2, 0) is 0 Å². The van der Waals surface area contributed by atoms with Crippen molar-refractivity contribution in [2.24, 2.45) is 0 Å². The molecule has 1 saturated heterocycles. The van der Waals surface area contributed by atoms with Gasteiger partial charge in [0.25, 0.3) is 0 Å². The average molecular weight is 316 g/mol. The smallest absolute Gasteiger partial charge is 0.146 e. The van der Waals surface area contributed by atoms with Crippen molar-refractivity contribution in [1.82, 2.24) is 9.66 Å². The van der Waals surface area contributed by atoms with E-state index in [1.807, 2.05) is 11.6 Å². The molecule has 20 heavy (non-hydrogen) atoms. The summed E-state index contributed by atoms with van der Waals surface area (Å²) in [5, 5.41) is 2.04. The molecule has 2 heterocycles. The predicted octanol–water partition coefficient (Wildman–Crippen LogP) is 4.25. The molecule has 2 aromatic rings. The summed E-state index contributed by atoms with van der Waals surface area (Å²) in [6.45, 7) is 3.75. The molecule has 1 unspecified atom stereocenters. The Morgan fingerprint density at radius 2 is 1.95 bits per heavy atom. The monoisotopic (exact) mass is 315 g/mol. The lowest BCUT2D eigenvalue weighted by atomic mass is 10.2. The highest BCUT2D eigenvalue weighted by Gasteiger charge is 2.22. The number of fused-ring (bicyclic) bond motifs is 1. The van der Waals surface area contributed by atoms with Crippen molar-refractivity contribution < 1.29 is 4.39 Å². The molecule has 108 valence electrons. The normalized spacial score (nSPS) is 17.7. The van der Waals surface area contributed by atoms with Gasteiger partial charge in [-0.05, 0) is 32.3 Å². The number of hydrogen-bond donors (Lipinski definition) is 0. The van der Waals surface area contributed by atoms with Gasteiger partial charge in [-0.15, -0.1) is 11.6 Å². The SMILES string of the molecule is CC(Cl)c1nc2cc(Cl)c(F)cc2n1N1CCCCC1. The fourth-order valence-corrected chi connectivity index (χ4v) is 3.01. The van der Waals surface area contributed by atoms with Gasteiger partial charge in [-0.2, -0.15) is 0 Å². The lowest BCUT2D eigenvalue weighted by Gasteiger charge is -2.31. The maximum Gasteiger partial charge on any atom is 0.146 e. The molecule has 3 rings (SSSR count). The molecular weight excluding hydrogens is 300 g/mol. The highest BCUT2D eigenvalue weighted by Crippen LogP contribution is 2.29. The Morgan fingerprint density at radius 1 is 1.25 bits per heavy atom. The van der Waals surface area contributed by atoms with Gasteiger partial charge in [0.1, 0.15) is 11.6 Å². The van der Waals surface area contributed by atoms with E-state index in [0.29, 0.717) is 5.52 Å². The lowest BCUT2D eigenvalue weighted by molar-refractivity contribution is 0.474. The molecule has 1 aromatic carbocycles. The van der Waals surface area contributed by atoms with Crippen molar-refractivity contribution in [2.75, 3.05) is 18.1 Å². The van der Waals surface area contributed by atoms with E-state index in [4.69, 9.17) is 23.2 Å². The molecule has 0 bridgehead atoms. The largest absolute Gasteiger partial charge is 0.311 e. The standard InChI is InChI=1S/C14H16Cl2FN3/c1-9(15)14-18-12-7-10(16)11(17)8-13(12)20(14)19-5-3-2-4-6-19/h7-9H,2-6H2,1H3. The van der Waals surface area contributed by atoms with Crippen molar-refractivity contribution in [2.45, 2.75) is 31.6 Å². The van der Waals surface area contributed by atoms with Crippen LogP contribution >= 0.6 is 23.2 Å². The van der Waals surface area contributed by atoms with Crippen LogP contribution < -0.4 is 5.01 Å². The molecule has 6 heteroatoms. The molecule has 0 N–H and O–H groups in total. The number of alkyl halides is 1. The summed E-state index contributed by atoms with van der Waals surface area (Å²) >= 11 is 12.1. The van der Waals surface area contributed by atoms with Gasteiger partial charge in [0.05, 0.1) is 21.4 Å². The van der Waals surface area contributed by atoms with Crippen LogP contribution in [0.15, 0.2) is 12.1 Å². The van der Waals surface area contributed by atoms with Crippen LogP contribution in [0.3, 0.4) is 0 Å². The van der Waals surface area contributed by atoms with Gasteiger partial charge in [0, 0.05) is 19.2 Å². The summed E-state index contributed by atoms with van der Waals surface area (Å²) in [4.78, 5) is 4.53. The molecule has 1 aliphatic heterocycles. The molecule has 0 radical (unpaired) electrons. The first-order chi connectivity index (χ1) is 9.58. The highest BCUT2D eigenvalue weighted by molar-refractivity contribution is 6.31. The van der Waals surface area contributed by atoms with Crippen molar-refractivity contribution in [3.8, 4) is 0 Å². The van der Waals surface area contributed by atoms with E-state index in [1.165, 1.54) is 12.5 Å². The number of hydrogen-bond acceptors (Lipinski definition) is 2. The molecule has 0 spiro atoms. The van der Waals surface area contributed by atoms with E-state index < -0.39 is 5.82 Å². The molecule has 0 saturated carbocycles. The summed E-state index contributed by atoms with van der Waals surface area (Å²) in [5.41, 5.74) is 1.42. The number of aromatic nitrogens is 2. The van der Waals surface area contributed by atoms with Crippen molar-refractivity contribution in [3.05, 3.63) is 28.8 Å². The molecule has 0 amide bonds. The summed E-state index contributed by atoms with van der Waals surface area (Å²) in [6, 6.07) is 3.01. The molecule has 1 fully saturated rings. The Kier molecular flexibility index (Phi) is 3.78. The number of halogens is 3. The van der Waals surface area contributed by atoms with E-state index in [9.17, 15) is 4.39 Å². The summed E-state index contributed by atoms with van der Waals surface area (Å²) < 4.78 is 15.7. The Morgan fingerprint density at radius 3 is 2.60 bits per heavy atom. The molecule has 0 aliphatic carbocycles.